The summed E-state index contributed by atoms with van der Waals surface area (Å²) < 4.78 is 5.38. The van der Waals surface area contributed by atoms with Crippen molar-refractivity contribution in [2.45, 2.75) is 51.0 Å². The molecule has 0 radical (unpaired) electrons. The lowest BCUT2D eigenvalue weighted by Crippen LogP contribution is -2.47. The van der Waals surface area contributed by atoms with E-state index in [9.17, 15) is 9.59 Å². The number of methoxy groups -OCH3 is 1. The highest BCUT2D eigenvalue weighted by Crippen LogP contribution is 2.36. The van der Waals surface area contributed by atoms with Crippen LogP contribution in [0, 0.1) is 11.8 Å². The SMILES string of the molecule is COc1cccc(C2CCCCN2C(=O)C2CCN(C(=O)C3CC3)CC2)c1. The van der Waals surface area contributed by atoms with Crippen LogP contribution < -0.4 is 4.74 Å². The monoisotopic (exact) mass is 370 g/mol. The zero-order chi connectivity index (χ0) is 18.8. The Balaban J connectivity index is 1.42. The van der Waals surface area contributed by atoms with Crippen LogP contribution in [0.1, 0.15) is 56.6 Å². The molecule has 5 heteroatoms. The average molecular weight is 370 g/mol. The lowest BCUT2D eigenvalue weighted by atomic mass is 9.90. The normalized spacial score (nSPS) is 24.0. The molecule has 0 bridgehead atoms. The molecule has 2 saturated heterocycles. The Kier molecular flexibility index (Phi) is 5.37. The minimum Gasteiger partial charge on any atom is -0.497 e. The first-order chi connectivity index (χ1) is 13.2. The van der Waals surface area contributed by atoms with E-state index in [2.05, 4.69) is 17.0 Å². The Morgan fingerprint density at radius 1 is 0.926 bits per heavy atom. The van der Waals surface area contributed by atoms with E-state index in [1.807, 2.05) is 17.0 Å². The van der Waals surface area contributed by atoms with Gasteiger partial charge in [0.1, 0.15) is 5.75 Å². The highest BCUT2D eigenvalue weighted by atomic mass is 16.5. The molecule has 2 heterocycles. The summed E-state index contributed by atoms with van der Waals surface area (Å²) in [5, 5.41) is 0. The summed E-state index contributed by atoms with van der Waals surface area (Å²) in [5.41, 5.74) is 1.17. The van der Waals surface area contributed by atoms with Gasteiger partial charge in [0, 0.05) is 31.5 Å². The van der Waals surface area contributed by atoms with Gasteiger partial charge in [0.05, 0.1) is 13.2 Å². The zero-order valence-electron chi connectivity index (χ0n) is 16.2. The van der Waals surface area contributed by atoms with Crippen LogP contribution in [0.4, 0.5) is 0 Å². The van der Waals surface area contributed by atoms with E-state index in [0.717, 1.165) is 70.3 Å². The van der Waals surface area contributed by atoms with E-state index in [0.29, 0.717) is 5.91 Å². The first kappa shape index (κ1) is 18.3. The van der Waals surface area contributed by atoms with Crippen LogP contribution in [0.5, 0.6) is 5.75 Å². The van der Waals surface area contributed by atoms with Gasteiger partial charge in [-0.05, 0) is 62.6 Å². The summed E-state index contributed by atoms with van der Waals surface area (Å²) in [6.45, 7) is 2.31. The van der Waals surface area contributed by atoms with Gasteiger partial charge in [0.15, 0.2) is 0 Å². The quantitative estimate of drug-likeness (QED) is 0.816. The molecule has 0 spiro atoms. The Hall–Kier alpha value is -2.04. The fourth-order valence-electron chi connectivity index (χ4n) is 4.56. The number of hydrogen-bond acceptors (Lipinski definition) is 3. The molecule has 27 heavy (non-hydrogen) atoms. The molecule has 1 saturated carbocycles. The second kappa shape index (κ2) is 7.91. The van der Waals surface area contributed by atoms with Gasteiger partial charge in [-0.3, -0.25) is 9.59 Å². The van der Waals surface area contributed by atoms with Crippen molar-refractivity contribution in [1.29, 1.82) is 0 Å². The number of rotatable bonds is 4. The molecule has 0 N–H and O–H groups in total. The standard InChI is InChI=1S/C22H30N2O3/c1-27-19-6-4-5-18(15-19)20-7-2-3-12-24(20)22(26)17-10-13-23(14-11-17)21(25)16-8-9-16/h4-6,15-17,20H,2-3,7-14H2,1H3. The lowest BCUT2D eigenvalue weighted by molar-refractivity contribution is -0.144. The van der Waals surface area contributed by atoms with Gasteiger partial charge in [-0.2, -0.15) is 0 Å². The summed E-state index contributed by atoms with van der Waals surface area (Å²) in [6, 6.07) is 8.27. The fraction of sp³-hybridized carbons (Fsp3) is 0.636. The van der Waals surface area contributed by atoms with Crippen molar-refractivity contribution in [2.75, 3.05) is 26.7 Å². The van der Waals surface area contributed by atoms with Gasteiger partial charge >= 0.3 is 0 Å². The van der Waals surface area contributed by atoms with Crippen LogP contribution in [0.25, 0.3) is 0 Å². The average Bonchev–Trinajstić information content (AvgIpc) is 3.58. The van der Waals surface area contributed by atoms with Crippen LogP contribution in [-0.2, 0) is 9.59 Å². The van der Waals surface area contributed by atoms with Gasteiger partial charge in [-0.25, -0.2) is 0 Å². The first-order valence-electron chi connectivity index (χ1n) is 10.4. The maximum atomic E-state index is 13.3. The molecule has 1 atom stereocenters. The number of carbonyl (C=O) groups excluding carboxylic acids is 2. The molecule has 2 aliphatic heterocycles. The number of amides is 2. The smallest absolute Gasteiger partial charge is 0.226 e. The number of benzene rings is 1. The van der Waals surface area contributed by atoms with E-state index in [1.165, 1.54) is 5.56 Å². The van der Waals surface area contributed by atoms with E-state index in [-0.39, 0.29) is 23.8 Å². The molecule has 3 aliphatic rings. The van der Waals surface area contributed by atoms with E-state index in [1.54, 1.807) is 7.11 Å². The molecule has 2 amide bonds. The molecule has 3 fully saturated rings. The van der Waals surface area contributed by atoms with Crippen LogP contribution in [0.3, 0.4) is 0 Å². The van der Waals surface area contributed by atoms with Crippen molar-refractivity contribution in [3.05, 3.63) is 29.8 Å². The maximum absolute atomic E-state index is 13.3. The van der Waals surface area contributed by atoms with Gasteiger partial charge in [0.2, 0.25) is 11.8 Å². The van der Waals surface area contributed by atoms with Crippen LogP contribution in [-0.4, -0.2) is 48.4 Å². The highest BCUT2D eigenvalue weighted by Gasteiger charge is 2.38. The summed E-state index contributed by atoms with van der Waals surface area (Å²) >= 11 is 0. The molecule has 5 nitrogen and oxygen atoms in total. The van der Waals surface area contributed by atoms with E-state index in [4.69, 9.17) is 4.74 Å². The zero-order valence-corrected chi connectivity index (χ0v) is 16.2. The fourth-order valence-corrected chi connectivity index (χ4v) is 4.56. The summed E-state index contributed by atoms with van der Waals surface area (Å²) in [5.74, 6) is 1.77. The number of nitrogens with zero attached hydrogens (tertiary/aromatic N) is 2. The Labute approximate surface area is 161 Å². The van der Waals surface area contributed by atoms with E-state index >= 15 is 0 Å². The summed E-state index contributed by atoms with van der Waals surface area (Å²) in [4.78, 5) is 29.6. The Morgan fingerprint density at radius 2 is 1.67 bits per heavy atom. The third kappa shape index (κ3) is 3.97. The van der Waals surface area contributed by atoms with Crippen molar-refractivity contribution in [2.24, 2.45) is 11.8 Å². The molecule has 1 aromatic carbocycles. The van der Waals surface area contributed by atoms with Crippen LogP contribution in [0.2, 0.25) is 0 Å². The van der Waals surface area contributed by atoms with E-state index < -0.39 is 0 Å². The first-order valence-corrected chi connectivity index (χ1v) is 10.4. The summed E-state index contributed by atoms with van der Waals surface area (Å²) in [6.07, 6.45) is 6.95. The number of likely N-dealkylation sites (tertiary alicyclic amines) is 2. The molecular formula is C22H30N2O3. The minimum absolute atomic E-state index is 0.0551. The maximum Gasteiger partial charge on any atom is 0.226 e. The van der Waals surface area contributed by atoms with Gasteiger partial charge < -0.3 is 14.5 Å². The highest BCUT2D eigenvalue weighted by molar-refractivity contribution is 5.82. The topological polar surface area (TPSA) is 49.9 Å². The number of ether oxygens (including phenoxy) is 1. The van der Waals surface area contributed by atoms with Gasteiger partial charge in [-0.15, -0.1) is 0 Å². The minimum atomic E-state index is 0.0551. The number of carbonyl (C=O) groups is 2. The van der Waals surface area contributed by atoms with Crippen molar-refractivity contribution < 1.29 is 14.3 Å². The number of piperidine rings is 2. The molecule has 1 unspecified atom stereocenters. The van der Waals surface area contributed by atoms with Gasteiger partial charge in [-0.1, -0.05) is 12.1 Å². The van der Waals surface area contributed by atoms with Crippen LogP contribution in [0.15, 0.2) is 24.3 Å². The van der Waals surface area contributed by atoms with Crippen molar-refractivity contribution >= 4 is 11.8 Å². The van der Waals surface area contributed by atoms with Gasteiger partial charge in [0.25, 0.3) is 0 Å². The van der Waals surface area contributed by atoms with Crippen LogP contribution >= 0.6 is 0 Å². The molecule has 146 valence electrons. The number of hydrogen-bond donors (Lipinski definition) is 0. The van der Waals surface area contributed by atoms with Crippen molar-refractivity contribution in [3.63, 3.8) is 0 Å². The molecule has 4 rings (SSSR count). The Morgan fingerprint density at radius 3 is 2.37 bits per heavy atom. The molecule has 1 aromatic rings. The molecular weight excluding hydrogens is 340 g/mol. The second-order valence-corrected chi connectivity index (χ2v) is 8.19. The van der Waals surface area contributed by atoms with Crippen molar-refractivity contribution in [1.82, 2.24) is 9.80 Å². The summed E-state index contributed by atoms with van der Waals surface area (Å²) in [7, 11) is 1.68. The largest absolute Gasteiger partial charge is 0.497 e. The third-order valence-corrected chi connectivity index (χ3v) is 6.35. The second-order valence-electron chi connectivity index (χ2n) is 8.19. The van der Waals surface area contributed by atoms with Crippen molar-refractivity contribution in [3.8, 4) is 5.75 Å². The molecule has 1 aliphatic carbocycles. The molecule has 0 aromatic heterocycles. The Bertz CT molecular complexity index is 693. The predicted octanol–water partition coefficient (Wildman–Crippen LogP) is 3.40. The lowest BCUT2D eigenvalue weighted by Gasteiger charge is -2.40. The third-order valence-electron chi connectivity index (χ3n) is 6.35. The predicted molar refractivity (Wildman–Crippen MR) is 103 cm³/mol.